The normalized spacial score (nSPS) is 25.5. The number of hydrogen-bond acceptors (Lipinski definition) is 1. The molecule has 1 nitrogen and oxygen atoms in total. The van der Waals surface area contributed by atoms with Crippen molar-refractivity contribution < 1.29 is 8.78 Å². The van der Waals surface area contributed by atoms with Gasteiger partial charge in [-0.05, 0) is 31.7 Å². The van der Waals surface area contributed by atoms with Crippen LogP contribution >= 0.6 is 0 Å². The van der Waals surface area contributed by atoms with Crippen LogP contribution in [0.5, 0.6) is 0 Å². The van der Waals surface area contributed by atoms with Crippen LogP contribution in [0.25, 0.3) is 0 Å². The van der Waals surface area contributed by atoms with E-state index in [2.05, 4.69) is 5.32 Å². The van der Waals surface area contributed by atoms with E-state index in [0.717, 1.165) is 12.8 Å². The largest absolute Gasteiger partial charge is 0.306 e. The van der Waals surface area contributed by atoms with Crippen molar-refractivity contribution in [2.24, 2.45) is 5.41 Å². The van der Waals surface area contributed by atoms with Crippen LogP contribution < -0.4 is 5.32 Å². The summed E-state index contributed by atoms with van der Waals surface area (Å²) in [6.45, 7) is 6.04. The van der Waals surface area contributed by atoms with E-state index in [1.165, 1.54) is 0 Å². The van der Waals surface area contributed by atoms with Crippen LogP contribution in [-0.4, -0.2) is 18.5 Å². The van der Waals surface area contributed by atoms with Gasteiger partial charge in [-0.3, -0.25) is 0 Å². The Bertz CT molecular complexity index is 166. The lowest BCUT2D eigenvalue weighted by Gasteiger charge is -2.36. The molecule has 0 aromatic carbocycles. The fourth-order valence-electron chi connectivity index (χ4n) is 1.63. The van der Waals surface area contributed by atoms with Crippen molar-refractivity contribution in [3.05, 3.63) is 0 Å². The summed E-state index contributed by atoms with van der Waals surface area (Å²) < 4.78 is 25.5. The van der Waals surface area contributed by atoms with E-state index in [-0.39, 0.29) is 5.41 Å². The zero-order valence-electron chi connectivity index (χ0n) is 7.95. The standard InChI is InChI=1S/C9H17F2N/c1-4-12-9(3,7(10)11)8(2)5-6-8/h7,12H,4-6H2,1-3H3. The molecule has 0 saturated heterocycles. The Morgan fingerprint density at radius 2 is 2.00 bits per heavy atom. The topological polar surface area (TPSA) is 12.0 Å². The SMILES string of the molecule is CCNC(C)(C(F)F)C1(C)CC1. The van der Waals surface area contributed by atoms with Gasteiger partial charge < -0.3 is 5.32 Å². The Morgan fingerprint density at radius 1 is 1.50 bits per heavy atom. The maximum absolute atomic E-state index is 12.7. The molecular weight excluding hydrogens is 160 g/mol. The van der Waals surface area contributed by atoms with Crippen molar-refractivity contribution in [3.63, 3.8) is 0 Å². The number of rotatable bonds is 4. The average molecular weight is 177 g/mol. The molecule has 1 atom stereocenters. The van der Waals surface area contributed by atoms with E-state index in [9.17, 15) is 8.78 Å². The lowest BCUT2D eigenvalue weighted by molar-refractivity contribution is 0.000448. The van der Waals surface area contributed by atoms with E-state index >= 15 is 0 Å². The molecule has 3 heteroatoms. The first-order chi connectivity index (χ1) is 5.46. The van der Waals surface area contributed by atoms with Gasteiger partial charge in [0.2, 0.25) is 0 Å². The summed E-state index contributed by atoms with van der Waals surface area (Å²) in [5.41, 5.74) is -1.17. The highest BCUT2D eigenvalue weighted by molar-refractivity contribution is 5.09. The third-order valence-electron chi connectivity index (χ3n) is 3.23. The number of alkyl halides is 2. The Balaban J connectivity index is 2.71. The predicted molar refractivity (Wildman–Crippen MR) is 45.4 cm³/mol. The van der Waals surface area contributed by atoms with Crippen LogP contribution in [0, 0.1) is 5.41 Å². The zero-order valence-corrected chi connectivity index (χ0v) is 7.95. The lowest BCUT2D eigenvalue weighted by atomic mass is 9.84. The quantitative estimate of drug-likeness (QED) is 0.695. The predicted octanol–water partition coefficient (Wildman–Crippen LogP) is 2.42. The highest BCUT2D eigenvalue weighted by atomic mass is 19.3. The summed E-state index contributed by atoms with van der Waals surface area (Å²) in [5, 5.41) is 2.91. The van der Waals surface area contributed by atoms with Gasteiger partial charge in [0.15, 0.2) is 0 Å². The van der Waals surface area contributed by atoms with E-state index in [1.807, 2.05) is 13.8 Å². The summed E-state index contributed by atoms with van der Waals surface area (Å²) in [5.74, 6) is 0. The Hall–Kier alpha value is -0.180. The molecule has 1 N–H and O–H groups in total. The molecule has 1 unspecified atom stereocenters. The molecule has 1 rings (SSSR count). The number of nitrogens with one attached hydrogen (secondary N) is 1. The van der Waals surface area contributed by atoms with Gasteiger partial charge in [0.25, 0.3) is 6.43 Å². The molecule has 0 spiro atoms. The highest BCUT2D eigenvalue weighted by Gasteiger charge is 2.57. The Kier molecular flexibility index (Phi) is 2.43. The van der Waals surface area contributed by atoms with Gasteiger partial charge in [0.1, 0.15) is 0 Å². The maximum atomic E-state index is 12.7. The molecule has 0 bridgehead atoms. The molecule has 1 aliphatic rings. The lowest BCUT2D eigenvalue weighted by Crippen LogP contribution is -2.54. The van der Waals surface area contributed by atoms with Crippen molar-refractivity contribution in [2.45, 2.75) is 45.6 Å². The van der Waals surface area contributed by atoms with Crippen molar-refractivity contribution in [1.82, 2.24) is 5.32 Å². The smallest absolute Gasteiger partial charge is 0.256 e. The molecule has 0 aromatic rings. The minimum absolute atomic E-state index is 0.183. The molecule has 12 heavy (non-hydrogen) atoms. The van der Waals surface area contributed by atoms with Crippen LogP contribution in [0.4, 0.5) is 8.78 Å². The molecule has 1 fully saturated rings. The van der Waals surface area contributed by atoms with Crippen LogP contribution in [-0.2, 0) is 0 Å². The fourth-order valence-corrected chi connectivity index (χ4v) is 1.63. The van der Waals surface area contributed by atoms with E-state index in [4.69, 9.17) is 0 Å². The first kappa shape index (κ1) is 9.90. The van der Waals surface area contributed by atoms with E-state index in [1.54, 1.807) is 6.92 Å². The Morgan fingerprint density at radius 3 is 2.25 bits per heavy atom. The second-order valence-electron chi connectivity index (χ2n) is 4.09. The highest BCUT2D eigenvalue weighted by Crippen LogP contribution is 2.55. The second-order valence-corrected chi connectivity index (χ2v) is 4.09. The summed E-state index contributed by atoms with van der Waals surface area (Å²) in [6.07, 6.45) is -0.438. The molecule has 1 saturated carbocycles. The minimum Gasteiger partial charge on any atom is -0.306 e. The molecule has 0 heterocycles. The van der Waals surface area contributed by atoms with Gasteiger partial charge in [-0.2, -0.15) is 0 Å². The molecule has 0 amide bonds. The molecule has 0 radical (unpaired) electrons. The molecule has 1 aliphatic carbocycles. The summed E-state index contributed by atoms with van der Waals surface area (Å²) >= 11 is 0. The Labute approximate surface area is 72.5 Å². The minimum atomic E-state index is -2.27. The van der Waals surface area contributed by atoms with Gasteiger partial charge in [-0.15, -0.1) is 0 Å². The maximum Gasteiger partial charge on any atom is 0.256 e. The molecular formula is C9H17F2N. The van der Waals surface area contributed by atoms with Crippen LogP contribution in [0.15, 0.2) is 0 Å². The van der Waals surface area contributed by atoms with Crippen LogP contribution in [0.1, 0.15) is 33.6 Å². The van der Waals surface area contributed by atoms with Crippen molar-refractivity contribution >= 4 is 0 Å². The molecule has 0 aliphatic heterocycles. The van der Waals surface area contributed by atoms with Crippen LogP contribution in [0.2, 0.25) is 0 Å². The third kappa shape index (κ3) is 1.35. The van der Waals surface area contributed by atoms with Gasteiger partial charge in [0.05, 0.1) is 5.54 Å². The van der Waals surface area contributed by atoms with Gasteiger partial charge in [0, 0.05) is 0 Å². The summed E-state index contributed by atoms with van der Waals surface area (Å²) in [4.78, 5) is 0. The third-order valence-corrected chi connectivity index (χ3v) is 3.23. The van der Waals surface area contributed by atoms with E-state index < -0.39 is 12.0 Å². The van der Waals surface area contributed by atoms with Gasteiger partial charge >= 0.3 is 0 Å². The van der Waals surface area contributed by atoms with Crippen molar-refractivity contribution in [2.75, 3.05) is 6.54 Å². The van der Waals surface area contributed by atoms with E-state index in [0.29, 0.717) is 6.54 Å². The molecule has 72 valence electrons. The monoisotopic (exact) mass is 177 g/mol. The summed E-state index contributed by atoms with van der Waals surface area (Å²) in [6, 6.07) is 0. The fraction of sp³-hybridized carbons (Fsp3) is 1.00. The van der Waals surface area contributed by atoms with Crippen LogP contribution in [0.3, 0.4) is 0 Å². The first-order valence-corrected chi connectivity index (χ1v) is 4.49. The first-order valence-electron chi connectivity index (χ1n) is 4.49. The van der Waals surface area contributed by atoms with Gasteiger partial charge in [-0.1, -0.05) is 13.8 Å². The van der Waals surface area contributed by atoms with Gasteiger partial charge in [-0.25, -0.2) is 8.78 Å². The second kappa shape index (κ2) is 2.95. The zero-order chi connectivity index (χ0) is 9.41. The average Bonchev–Trinajstić information content (AvgIpc) is 2.69. The number of halogens is 2. The van der Waals surface area contributed by atoms with Crippen molar-refractivity contribution in [3.8, 4) is 0 Å². The molecule has 0 aromatic heterocycles. The van der Waals surface area contributed by atoms with Crippen molar-refractivity contribution in [1.29, 1.82) is 0 Å². The number of hydrogen-bond donors (Lipinski definition) is 1. The summed E-state index contributed by atoms with van der Waals surface area (Å²) in [7, 11) is 0.